The van der Waals surface area contributed by atoms with E-state index in [4.69, 9.17) is 0 Å². The van der Waals surface area contributed by atoms with Gasteiger partial charge in [-0.05, 0) is 25.7 Å². The predicted octanol–water partition coefficient (Wildman–Crippen LogP) is 0.708. The van der Waals surface area contributed by atoms with Gasteiger partial charge in [-0.25, -0.2) is 14.8 Å². The minimum atomic E-state index is -0.959. The van der Waals surface area contributed by atoms with Crippen molar-refractivity contribution in [1.29, 1.82) is 0 Å². The summed E-state index contributed by atoms with van der Waals surface area (Å²) in [5.41, 5.74) is 0.959. The highest BCUT2D eigenvalue weighted by atomic mass is 16.4. The second-order valence-corrected chi connectivity index (χ2v) is 6.44. The average molecular weight is 328 g/mol. The van der Waals surface area contributed by atoms with Gasteiger partial charge >= 0.3 is 5.97 Å². The van der Waals surface area contributed by atoms with Gasteiger partial charge in [-0.3, -0.25) is 9.59 Å². The zero-order valence-corrected chi connectivity index (χ0v) is 13.0. The lowest BCUT2D eigenvalue weighted by atomic mass is 10.1. The van der Waals surface area contributed by atoms with Gasteiger partial charge in [0.1, 0.15) is 24.6 Å². The molecule has 24 heavy (non-hydrogen) atoms. The fourth-order valence-electron chi connectivity index (χ4n) is 3.69. The smallest absolute Gasteiger partial charge is 0.326 e. The van der Waals surface area contributed by atoms with Crippen LogP contribution in [0.3, 0.4) is 0 Å². The first-order valence-corrected chi connectivity index (χ1v) is 7.81. The predicted molar refractivity (Wildman–Crippen MR) is 82.3 cm³/mol. The van der Waals surface area contributed by atoms with Crippen LogP contribution in [0.4, 0.5) is 0 Å². The van der Waals surface area contributed by atoms with Gasteiger partial charge in [-0.1, -0.05) is 0 Å². The number of rotatable bonds is 4. The molecule has 1 aliphatic carbocycles. The van der Waals surface area contributed by atoms with Gasteiger partial charge in [-0.2, -0.15) is 0 Å². The van der Waals surface area contributed by atoms with Crippen molar-refractivity contribution in [2.24, 2.45) is 5.92 Å². The molecule has 2 aliphatic rings. The van der Waals surface area contributed by atoms with E-state index in [0.29, 0.717) is 28.9 Å². The van der Waals surface area contributed by atoms with Crippen LogP contribution in [0.15, 0.2) is 18.7 Å². The average Bonchev–Trinajstić information content (AvgIpc) is 3.04. The van der Waals surface area contributed by atoms with Crippen LogP contribution in [0.5, 0.6) is 0 Å². The van der Waals surface area contributed by atoms with Gasteiger partial charge in [0.15, 0.2) is 5.78 Å². The number of aromatic nitrogens is 3. The van der Waals surface area contributed by atoms with Crippen molar-refractivity contribution in [3.63, 3.8) is 0 Å². The van der Waals surface area contributed by atoms with Crippen LogP contribution < -0.4 is 0 Å². The highest BCUT2D eigenvalue weighted by Gasteiger charge is 2.56. The van der Waals surface area contributed by atoms with Crippen LogP contribution in [-0.4, -0.2) is 54.3 Å². The summed E-state index contributed by atoms with van der Waals surface area (Å²) in [7, 11) is 0. The summed E-state index contributed by atoms with van der Waals surface area (Å²) in [5, 5.41) is 9.92. The molecule has 0 unspecified atom stereocenters. The Morgan fingerprint density at radius 1 is 1.33 bits per heavy atom. The fraction of sp³-hybridized carbons (Fsp3) is 0.438. The monoisotopic (exact) mass is 328 g/mol. The number of likely N-dealkylation sites (tertiary alicyclic amines) is 1. The summed E-state index contributed by atoms with van der Waals surface area (Å²) in [6.07, 6.45) is 5.91. The lowest BCUT2D eigenvalue weighted by molar-refractivity contribution is -0.149. The maximum atomic E-state index is 12.7. The van der Waals surface area contributed by atoms with Crippen LogP contribution in [-0.2, 0) is 16.1 Å². The Bertz CT molecular complexity index is 874. The first-order valence-electron chi connectivity index (χ1n) is 7.81. The summed E-state index contributed by atoms with van der Waals surface area (Å²) in [4.78, 5) is 45.4. The van der Waals surface area contributed by atoms with Crippen molar-refractivity contribution in [1.82, 2.24) is 19.4 Å². The number of hydrogen-bond acceptors (Lipinski definition) is 5. The van der Waals surface area contributed by atoms with Gasteiger partial charge < -0.3 is 14.6 Å². The van der Waals surface area contributed by atoms with Crippen LogP contribution in [0.1, 0.15) is 30.1 Å². The maximum absolute atomic E-state index is 12.7. The molecule has 1 aliphatic heterocycles. The van der Waals surface area contributed by atoms with Gasteiger partial charge in [0.25, 0.3) is 0 Å². The number of piperidine rings is 1. The SMILES string of the molecule is CC(=O)c1cn(CC(=O)N2[C@@H]3C[C@@H]3C[C@H]2C(=O)O)c2ncncc12. The molecule has 0 spiro atoms. The third kappa shape index (κ3) is 2.17. The lowest BCUT2D eigenvalue weighted by Gasteiger charge is -2.24. The molecule has 2 fully saturated rings. The topological polar surface area (TPSA) is 105 Å². The zero-order valence-electron chi connectivity index (χ0n) is 13.0. The van der Waals surface area contributed by atoms with Crippen molar-refractivity contribution >= 4 is 28.7 Å². The second-order valence-electron chi connectivity index (χ2n) is 6.44. The molecule has 4 rings (SSSR count). The molecule has 8 heteroatoms. The number of carbonyl (C=O) groups is 3. The molecule has 2 aromatic heterocycles. The first kappa shape index (κ1) is 14.8. The van der Waals surface area contributed by atoms with E-state index in [0.717, 1.165) is 6.42 Å². The number of carboxylic acid groups (broad SMARTS) is 1. The summed E-state index contributed by atoms with van der Waals surface area (Å²) in [5.74, 6) is -1.03. The van der Waals surface area contributed by atoms with Crippen molar-refractivity contribution in [2.75, 3.05) is 0 Å². The van der Waals surface area contributed by atoms with Crippen molar-refractivity contribution in [2.45, 2.75) is 38.4 Å². The number of ketones is 1. The number of carbonyl (C=O) groups excluding carboxylic acids is 2. The Morgan fingerprint density at radius 3 is 2.83 bits per heavy atom. The molecule has 3 heterocycles. The molecule has 124 valence electrons. The normalized spacial score (nSPS) is 24.9. The Hall–Kier alpha value is -2.77. The van der Waals surface area contributed by atoms with E-state index < -0.39 is 12.0 Å². The summed E-state index contributed by atoms with van der Waals surface area (Å²) < 4.78 is 1.60. The van der Waals surface area contributed by atoms with Gasteiger partial charge in [0.05, 0.1) is 0 Å². The van der Waals surface area contributed by atoms with E-state index in [1.807, 2.05) is 0 Å². The highest BCUT2D eigenvalue weighted by Crippen LogP contribution is 2.48. The number of carboxylic acids is 1. The molecule has 1 amide bonds. The largest absolute Gasteiger partial charge is 0.480 e. The number of aliphatic carboxylic acids is 1. The summed E-state index contributed by atoms with van der Waals surface area (Å²) in [6, 6.07) is -0.702. The Balaban J connectivity index is 1.66. The molecular formula is C16H16N4O4. The van der Waals surface area contributed by atoms with Crippen LogP contribution >= 0.6 is 0 Å². The Kier molecular flexibility index (Phi) is 3.16. The molecule has 1 N–H and O–H groups in total. The number of fused-ring (bicyclic) bond motifs is 2. The lowest BCUT2D eigenvalue weighted by Crippen LogP contribution is -2.44. The van der Waals surface area contributed by atoms with E-state index in [2.05, 4.69) is 9.97 Å². The van der Waals surface area contributed by atoms with E-state index in [-0.39, 0.29) is 24.3 Å². The molecule has 1 saturated heterocycles. The van der Waals surface area contributed by atoms with Gasteiger partial charge in [0.2, 0.25) is 5.91 Å². The van der Waals surface area contributed by atoms with Crippen molar-refractivity contribution in [3.8, 4) is 0 Å². The van der Waals surface area contributed by atoms with Crippen molar-refractivity contribution in [3.05, 3.63) is 24.3 Å². The van der Waals surface area contributed by atoms with Gasteiger partial charge in [0, 0.05) is 29.4 Å². The second kappa shape index (κ2) is 5.12. The van der Waals surface area contributed by atoms with Crippen LogP contribution in [0.25, 0.3) is 11.0 Å². The fourth-order valence-corrected chi connectivity index (χ4v) is 3.69. The van der Waals surface area contributed by atoms with E-state index in [9.17, 15) is 19.5 Å². The number of nitrogens with zero attached hydrogens (tertiary/aromatic N) is 4. The third-order valence-electron chi connectivity index (χ3n) is 4.90. The Morgan fingerprint density at radius 2 is 2.12 bits per heavy atom. The third-order valence-corrected chi connectivity index (χ3v) is 4.90. The highest BCUT2D eigenvalue weighted by molar-refractivity contribution is 6.06. The van der Waals surface area contributed by atoms with Crippen LogP contribution in [0, 0.1) is 5.92 Å². The number of hydrogen-bond donors (Lipinski definition) is 1. The minimum absolute atomic E-state index is 0.0339. The zero-order chi connectivity index (χ0) is 17.0. The maximum Gasteiger partial charge on any atom is 0.326 e. The van der Waals surface area contributed by atoms with E-state index in [1.165, 1.54) is 18.2 Å². The number of Topliss-reactive ketones (excluding diaryl/α,β-unsaturated/α-hetero) is 1. The van der Waals surface area contributed by atoms with E-state index in [1.54, 1.807) is 17.0 Å². The summed E-state index contributed by atoms with van der Waals surface area (Å²) in [6.45, 7) is 1.41. The Labute approximate surface area is 137 Å². The van der Waals surface area contributed by atoms with Crippen molar-refractivity contribution < 1.29 is 19.5 Å². The van der Waals surface area contributed by atoms with Gasteiger partial charge in [-0.15, -0.1) is 0 Å². The molecule has 8 nitrogen and oxygen atoms in total. The molecule has 1 saturated carbocycles. The molecule has 0 aromatic carbocycles. The molecule has 0 bridgehead atoms. The molecule has 3 atom stereocenters. The quantitative estimate of drug-likeness (QED) is 0.829. The van der Waals surface area contributed by atoms with Crippen LogP contribution in [0.2, 0.25) is 0 Å². The summed E-state index contributed by atoms with van der Waals surface area (Å²) >= 11 is 0. The molecular weight excluding hydrogens is 312 g/mol. The first-order chi connectivity index (χ1) is 11.5. The minimum Gasteiger partial charge on any atom is -0.480 e. The standard InChI is InChI=1S/C16H16N4O4/c1-8(21)11-5-19(15-10(11)4-17-7-18-15)6-14(22)20-12-2-9(12)3-13(20)16(23)24/h4-5,7,9,12-13H,2-3,6H2,1H3,(H,23,24)/t9-,12-,13+/m1/s1. The molecule has 0 radical (unpaired) electrons. The molecule has 2 aromatic rings. The van der Waals surface area contributed by atoms with E-state index >= 15 is 0 Å². The number of amides is 1.